The average molecular weight is 389 g/mol. The fraction of sp³-hybridized carbons (Fsp3) is 0.381. The van der Waals surface area contributed by atoms with E-state index in [2.05, 4.69) is 19.2 Å². The van der Waals surface area contributed by atoms with Crippen molar-refractivity contribution in [1.82, 2.24) is 5.32 Å². The summed E-state index contributed by atoms with van der Waals surface area (Å²) in [7, 11) is -3.84. The van der Waals surface area contributed by atoms with Crippen LogP contribution in [0, 0.1) is 0 Å². The van der Waals surface area contributed by atoms with Crippen LogP contribution in [0.15, 0.2) is 59.5 Å². The second-order valence-corrected chi connectivity index (χ2v) is 8.64. The maximum atomic E-state index is 13.2. The number of nitrogens with one attached hydrogen (secondary N) is 1. The number of sulfonamides is 1. The molecule has 0 aliphatic rings. The summed E-state index contributed by atoms with van der Waals surface area (Å²) in [6.07, 6.45) is 1.82. The quantitative estimate of drug-likeness (QED) is 0.662. The maximum absolute atomic E-state index is 13.2. The minimum absolute atomic E-state index is 0.166. The van der Waals surface area contributed by atoms with Crippen molar-refractivity contribution in [2.75, 3.05) is 17.4 Å². The molecule has 0 radical (unpaired) electrons. The topological polar surface area (TPSA) is 66.5 Å². The zero-order valence-electron chi connectivity index (χ0n) is 16.2. The van der Waals surface area contributed by atoms with Gasteiger partial charge in [-0.3, -0.25) is 9.10 Å². The van der Waals surface area contributed by atoms with E-state index in [1.807, 2.05) is 19.1 Å². The van der Waals surface area contributed by atoms with Crippen LogP contribution in [0.2, 0.25) is 0 Å². The maximum Gasteiger partial charge on any atom is 0.264 e. The summed E-state index contributed by atoms with van der Waals surface area (Å²) in [5, 5.41) is 2.79. The van der Waals surface area contributed by atoms with E-state index in [1.165, 1.54) is 4.31 Å². The highest BCUT2D eigenvalue weighted by Gasteiger charge is 2.27. The number of rotatable bonds is 9. The van der Waals surface area contributed by atoms with Gasteiger partial charge in [-0.25, -0.2) is 8.42 Å². The van der Waals surface area contributed by atoms with Gasteiger partial charge in [-0.15, -0.1) is 0 Å². The number of benzene rings is 2. The molecule has 2 rings (SSSR count). The van der Waals surface area contributed by atoms with E-state index in [0.717, 1.165) is 18.4 Å². The van der Waals surface area contributed by atoms with Crippen LogP contribution in [-0.4, -0.2) is 27.4 Å². The summed E-state index contributed by atoms with van der Waals surface area (Å²) in [6.45, 7) is 6.49. The fourth-order valence-corrected chi connectivity index (χ4v) is 4.09. The molecule has 0 saturated heterocycles. The van der Waals surface area contributed by atoms with E-state index in [9.17, 15) is 13.2 Å². The summed E-state index contributed by atoms with van der Waals surface area (Å²) in [5.74, 6) is 0.0338. The second kappa shape index (κ2) is 9.55. The molecule has 27 heavy (non-hydrogen) atoms. The molecule has 0 unspecified atom stereocenters. The molecule has 0 saturated carbocycles. The Morgan fingerprint density at radius 2 is 1.67 bits per heavy atom. The number of hydrogen-bond donors (Lipinski definition) is 1. The lowest BCUT2D eigenvalue weighted by molar-refractivity contribution is -0.119. The summed E-state index contributed by atoms with van der Waals surface area (Å²) < 4.78 is 27.5. The Bertz CT molecular complexity index is 831. The van der Waals surface area contributed by atoms with Gasteiger partial charge >= 0.3 is 0 Å². The molecule has 146 valence electrons. The van der Waals surface area contributed by atoms with Crippen LogP contribution in [-0.2, 0) is 14.8 Å². The Kier molecular flexibility index (Phi) is 7.42. The lowest BCUT2D eigenvalue weighted by Crippen LogP contribution is -2.41. The average Bonchev–Trinajstić information content (AvgIpc) is 2.67. The standard InChI is InChI=1S/C21H28N2O3S/c1-4-5-15-22-21(24)16-23(19-13-11-18(12-14-19)17(2)3)27(25,26)20-9-7-6-8-10-20/h6-14,17H,4-5,15-16H2,1-3H3,(H,22,24). The molecule has 0 fully saturated rings. The first kappa shape index (κ1) is 21.0. The monoisotopic (exact) mass is 388 g/mol. The van der Waals surface area contributed by atoms with Gasteiger partial charge < -0.3 is 5.32 Å². The zero-order valence-corrected chi connectivity index (χ0v) is 17.0. The number of unbranched alkanes of at least 4 members (excludes halogenated alkanes) is 1. The number of nitrogens with zero attached hydrogens (tertiary/aromatic N) is 1. The molecule has 1 N–H and O–H groups in total. The Hall–Kier alpha value is -2.34. The Morgan fingerprint density at radius 1 is 1.04 bits per heavy atom. The minimum Gasteiger partial charge on any atom is -0.355 e. The summed E-state index contributed by atoms with van der Waals surface area (Å²) in [6, 6.07) is 15.5. The number of amides is 1. The SMILES string of the molecule is CCCCNC(=O)CN(c1ccc(C(C)C)cc1)S(=O)(=O)c1ccccc1. The van der Waals surface area contributed by atoms with Crippen LogP contribution in [0.4, 0.5) is 5.69 Å². The normalized spacial score (nSPS) is 11.4. The van der Waals surface area contributed by atoms with Gasteiger partial charge in [0.15, 0.2) is 0 Å². The van der Waals surface area contributed by atoms with Gasteiger partial charge in [-0.1, -0.05) is 57.5 Å². The third-order valence-corrected chi connectivity index (χ3v) is 6.11. The van der Waals surface area contributed by atoms with Crippen molar-refractivity contribution < 1.29 is 13.2 Å². The molecule has 2 aromatic carbocycles. The van der Waals surface area contributed by atoms with Crippen LogP contribution < -0.4 is 9.62 Å². The number of hydrogen-bond acceptors (Lipinski definition) is 3. The lowest BCUT2D eigenvalue weighted by atomic mass is 10.0. The van der Waals surface area contributed by atoms with E-state index in [4.69, 9.17) is 0 Å². The van der Waals surface area contributed by atoms with Gasteiger partial charge in [-0.2, -0.15) is 0 Å². The van der Waals surface area contributed by atoms with Crippen molar-refractivity contribution in [2.45, 2.75) is 44.4 Å². The van der Waals surface area contributed by atoms with E-state index < -0.39 is 10.0 Å². The smallest absolute Gasteiger partial charge is 0.264 e. The van der Waals surface area contributed by atoms with Crippen molar-refractivity contribution >= 4 is 21.6 Å². The highest BCUT2D eigenvalue weighted by molar-refractivity contribution is 7.92. The van der Waals surface area contributed by atoms with Gasteiger partial charge in [0.05, 0.1) is 10.6 Å². The summed E-state index contributed by atoms with van der Waals surface area (Å²) in [4.78, 5) is 12.5. The number of carbonyl (C=O) groups is 1. The van der Waals surface area contributed by atoms with Gasteiger partial charge in [0.2, 0.25) is 5.91 Å². The number of carbonyl (C=O) groups excluding carboxylic acids is 1. The van der Waals surface area contributed by atoms with E-state index in [1.54, 1.807) is 42.5 Å². The van der Waals surface area contributed by atoms with Gasteiger partial charge in [0.1, 0.15) is 6.54 Å². The largest absolute Gasteiger partial charge is 0.355 e. The van der Waals surface area contributed by atoms with Gasteiger partial charge in [0, 0.05) is 6.54 Å². The van der Waals surface area contributed by atoms with E-state index >= 15 is 0 Å². The molecule has 5 nitrogen and oxygen atoms in total. The Balaban J connectivity index is 2.35. The Morgan fingerprint density at radius 3 is 2.22 bits per heavy atom. The molecule has 0 aliphatic heterocycles. The summed E-state index contributed by atoms with van der Waals surface area (Å²) in [5.41, 5.74) is 1.59. The van der Waals surface area contributed by atoms with Crippen molar-refractivity contribution in [2.24, 2.45) is 0 Å². The highest BCUT2D eigenvalue weighted by Crippen LogP contribution is 2.25. The van der Waals surface area contributed by atoms with Crippen LogP contribution in [0.5, 0.6) is 0 Å². The molecule has 0 aromatic heterocycles. The molecule has 0 spiro atoms. The van der Waals surface area contributed by atoms with Crippen molar-refractivity contribution in [3.05, 3.63) is 60.2 Å². The molecule has 6 heteroatoms. The Labute approximate surface area is 162 Å². The molecule has 1 amide bonds. The van der Waals surface area contributed by atoms with Crippen molar-refractivity contribution in [3.63, 3.8) is 0 Å². The van der Waals surface area contributed by atoms with Crippen LogP contribution in [0.3, 0.4) is 0 Å². The first-order chi connectivity index (χ1) is 12.9. The van der Waals surface area contributed by atoms with Crippen LogP contribution in [0.1, 0.15) is 45.1 Å². The lowest BCUT2D eigenvalue weighted by Gasteiger charge is -2.24. The van der Waals surface area contributed by atoms with Crippen LogP contribution >= 0.6 is 0 Å². The third kappa shape index (κ3) is 5.57. The van der Waals surface area contributed by atoms with Gasteiger partial charge in [0.25, 0.3) is 10.0 Å². The fourth-order valence-electron chi connectivity index (χ4n) is 2.65. The van der Waals surface area contributed by atoms with Crippen LogP contribution in [0.25, 0.3) is 0 Å². The molecular weight excluding hydrogens is 360 g/mol. The van der Waals surface area contributed by atoms with E-state index in [-0.39, 0.29) is 17.3 Å². The number of anilines is 1. The molecule has 0 aliphatic carbocycles. The second-order valence-electron chi connectivity index (χ2n) is 6.77. The first-order valence-electron chi connectivity index (χ1n) is 9.30. The predicted molar refractivity (Wildman–Crippen MR) is 109 cm³/mol. The van der Waals surface area contributed by atoms with Crippen molar-refractivity contribution in [1.29, 1.82) is 0 Å². The first-order valence-corrected chi connectivity index (χ1v) is 10.7. The predicted octanol–water partition coefficient (Wildman–Crippen LogP) is 3.92. The molecule has 0 atom stereocenters. The molecule has 2 aromatic rings. The third-order valence-electron chi connectivity index (χ3n) is 4.32. The van der Waals surface area contributed by atoms with E-state index in [0.29, 0.717) is 18.2 Å². The highest BCUT2D eigenvalue weighted by atomic mass is 32.2. The minimum atomic E-state index is -3.84. The zero-order chi connectivity index (χ0) is 19.9. The summed E-state index contributed by atoms with van der Waals surface area (Å²) >= 11 is 0. The molecule has 0 heterocycles. The molecule has 0 bridgehead atoms. The van der Waals surface area contributed by atoms with Crippen molar-refractivity contribution in [3.8, 4) is 0 Å². The van der Waals surface area contributed by atoms with Gasteiger partial charge in [-0.05, 0) is 42.2 Å². The molecular formula is C21H28N2O3S.